The summed E-state index contributed by atoms with van der Waals surface area (Å²) in [7, 11) is 0. The lowest BCUT2D eigenvalue weighted by molar-refractivity contribution is -0.0808. The standard InChI is InChI=1S/C10H17N3O2/c1-8-6-15-10(5-14)4-13(8)3-9-2-11-7-12-9/h2,7-8,10,14H,3-6H2,1H3,(H,11,12). The highest BCUT2D eigenvalue weighted by Gasteiger charge is 2.25. The van der Waals surface area contributed by atoms with E-state index < -0.39 is 0 Å². The number of nitrogens with zero attached hydrogens (tertiary/aromatic N) is 2. The van der Waals surface area contributed by atoms with Crippen molar-refractivity contribution in [3.63, 3.8) is 0 Å². The summed E-state index contributed by atoms with van der Waals surface area (Å²) in [5.74, 6) is 0. The third kappa shape index (κ3) is 2.56. The molecule has 0 bridgehead atoms. The second kappa shape index (κ2) is 4.74. The fourth-order valence-corrected chi connectivity index (χ4v) is 1.80. The van der Waals surface area contributed by atoms with Gasteiger partial charge in [0, 0.05) is 31.0 Å². The van der Waals surface area contributed by atoms with Gasteiger partial charge in [-0.25, -0.2) is 4.98 Å². The third-order valence-corrected chi connectivity index (χ3v) is 2.77. The van der Waals surface area contributed by atoms with E-state index in [0.717, 1.165) is 18.8 Å². The maximum absolute atomic E-state index is 9.05. The fraction of sp³-hybridized carbons (Fsp3) is 0.700. The molecule has 0 amide bonds. The smallest absolute Gasteiger partial charge is 0.0933 e. The van der Waals surface area contributed by atoms with Crippen LogP contribution in [0.5, 0.6) is 0 Å². The minimum atomic E-state index is -0.0517. The molecular formula is C10H17N3O2. The van der Waals surface area contributed by atoms with Crippen molar-refractivity contribution in [2.75, 3.05) is 19.8 Å². The molecule has 2 unspecified atom stereocenters. The molecule has 1 aliphatic heterocycles. The van der Waals surface area contributed by atoms with E-state index in [-0.39, 0.29) is 12.7 Å². The van der Waals surface area contributed by atoms with Gasteiger partial charge in [0.2, 0.25) is 0 Å². The molecule has 1 saturated heterocycles. The molecule has 1 aromatic heterocycles. The highest BCUT2D eigenvalue weighted by molar-refractivity contribution is 4.95. The SMILES string of the molecule is CC1COC(CO)CN1Cc1cnc[nH]1. The van der Waals surface area contributed by atoms with Crippen molar-refractivity contribution < 1.29 is 9.84 Å². The fourth-order valence-electron chi connectivity index (χ4n) is 1.80. The van der Waals surface area contributed by atoms with E-state index in [0.29, 0.717) is 12.6 Å². The van der Waals surface area contributed by atoms with Gasteiger partial charge in [-0.15, -0.1) is 0 Å². The zero-order chi connectivity index (χ0) is 10.7. The van der Waals surface area contributed by atoms with Crippen LogP contribution in [0.25, 0.3) is 0 Å². The van der Waals surface area contributed by atoms with Gasteiger partial charge < -0.3 is 14.8 Å². The predicted molar refractivity (Wildman–Crippen MR) is 55.3 cm³/mol. The molecular weight excluding hydrogens is 194 g/mol. The highest BCUT2D eigenvalue weighted by atomic mass is 16.5. The monoisotopic (exact) mass is 211 g/mol. The molecule has 0 aromatic carbocycles. The minimum absolute atomic E-state index is 0.0517. The highest BCUT2D eigenvalue weighted by Crippen LogP contribution is 2.13. The van der Waals surface area contributed by atoms with Crippen LogP contribution in [-0.2, 0) is 11.3 Å². The van der Waals surface area contributed by atoms with Gasteiger partial charge in [0.1, 0.15) is 0 Å². The molecule has 1 aliphatic rings. The number of H-pyrrole nitrogens is 1. The lowest BCUT2D eigenvalue weighted by atomic mass is 10.2. The molecule has 1 aromatic rings. The first-order chi connectivity index (χ1) is 7.29. The van der Waals surface area contributed by atoms with E-state index in [2.05, 4.69) is 21.8 Å². The van der Waals surface area contributed by atoms with E-state index in [1.165, 1.54) is 0 Å². The summed E-state index contributed by atoms with van der Waals surface area (Å²) in [6.45, 7) is 4.51. The van der Waals surface area contributed by atoms with E-state index in [1.807, 2.05) is 6.20 Å². The largest absolute Gasteiger partial charge is 0.394 e. The first-order valence-electron chi connectivity index (χ1n) is 5.23. The zero-order valence-corrected chi connectivity index (χ0v) is 8.89. The van der Waals surface area contributed by atoms with Crippen LogP contribution in [0.4, 0.5) is 0 Å². The molecule has 0 radical (unpaired) electrons. The van der Waals surface area contributed by atoms with Crippen LogP contribution in [0.1, 0.15) is 12.6 Å². The molecule has 2 atom stereocenters. The number of rotatable bonds is 3. The van der Waals surface area contributed by atoms with Crippen LogP contribution in [-0.4, -0.2) is 51.9 Å². The Balaban J connectivity index is 1.94. The van der Waals surface area contributed by atoms with Crippen LogP contribution in [0.3, 0.4) is 0 Å². The van der Waals surface area contributed by atoms with Crippen LogP contribution < -0.4 is 0 Å². The second-order valence-corrected chi connectivity index (χ2v) is 3.99. The molecule has 5 heteroatoms. The molecule has 2 rings (SSSR count). The molecule has 0 spiro atoms. The van der Waals surface area contributed by atoms with Gasteiger partial charge in [-0.1, -0.05) is 0 Å². The summed E-state index contributed by atoms with van der Waals surface area (Å²) in [6, 6.07) is 0.385. The Hall–Kier alpha value is -0.910. The number of aromatic amines is 1. The Kier molecular flexibility index (Phi) is 3.35. The Bertz CT molecular complexity index is 289. The van der Waals surface area contributed by atoms with Crippen molar-refractivity contribution in [1.29, 1.82) is 0 Å². The van der Waals surface area contributed by atoms with Crippen LogP contribution in [0, 0.1) is 0 Å². The predicted octanol–water partition coefficient (Wildman–Crippen LogP) is -0.00870. The summed E-state index contributed by atoms with van der Waals surface area (Å²) in [5.41, 5.74) is 1.10. The van der Waals surface area contributed by atoms with Gasteiger partial charge in [-0.05, 0) is 6.92 Å². The quantitative estimate of drug-likeness (QED) is 0.738. The van der Waals surface area contributed by atoms with Crippen LogP contribution >= 0.6 is 0 Å². The molecule has 2 heterocycles. The summed E-state index contributed by atoms with van der Waals surface area (Å²) in [5, 5.41) is 9.05. The molecule has 2 N–H and O–H groups in total. The van der Waals surface area contributed by atoms with Crippen molar-refractivity contribution in [1.82, 2.24) is 14.9 Å². The maximum Gasteiger partial charge on any atom is 0.0933 e. The van der Waals surface area contributed by atoms with Gasteiger partial charge in [0.05, 0.1) is 25.6 Å². The van der Waals surface area contributed by atoms with Gasteiger partial charge in [-0.3, -0.25) is 4.90 Å². The van der Waals surface area contributed by atoms with Crippen molar-refractivity contribution >= 4 is 0 Å². The first kappa shape index (κ1) is 10.6. The zero-order valence-electron chi connectivity index (χ0n) is 8.89. The summed E-state index contributed by atoms with van der Waals surface area (Å²) >= 11 is 0. The van der Waals surface area contributed by atoms with Gasteiger partial charge in [0.25, 0.3) is 0 Å². The van der Waals surface area contributed by atoms with Gasteiger partial charge in [-0.2, -0.15) is 0 Å². The van der Waals surface area contributed by atoms with Crippen molar-refractivity contribution in [3.8, 4) is 0 Å². The maximum atomic E-state index is 9.05. The number of aliphatic hydroxyl groups excluding tert-OH is 1. The summed E-state index contributed by atoms with van der Waals surface area (Å²) in [4.78, 5) is 9.36. The van der Waals surface area contributed by atoms with Crippen LogP contribution in [0.2, 0.25) is 0 Å². The minimum Gasteiger partial charge on any atom is -0.394 e. The Labute approximate surface area is 89.1 Å². The number of morpholine rings is 1. The lowest BCUT2D eigenvalue weighted by Gasteiger charge is -2.37. The number of nitrogens with one attached hydrogen (secondary N) is 1. The average Bonchev–Trinajstić information content (AvgIpc) is 2.74. The molecule has 0 saturated carbocycles. The average molecular weight is 211 g/mol. The van der Waals surface area contributed by atoms with E-state index >= 15 is 0 Å². The lowest BCUT2D eigenvalue weighted by Crippen LogP contribution is -2.48. The van der Waals surface area contributed by atoms with Crippen molar-refractivity contribution in [3.05, 3.63) is 18.2 Å². The summed E-state index contributed by atoms with van der Waals surface area (Å²) < 4.78 is 5.47. The number of hydrogen-bond donors (Lipinski definition) is 2. The summed E-state index contributed by atoms with van der Waals surface area (Å²) in [6.07, 6.45) is 3.46. The van der Waals surface area contributed by atoms with Gasteiger partial charge >= 0.3 is 0 Å². The third-order valence-electron chi connectivity index (χ3n) is 2.77. The Morgan fingerprint density at radius 2 is 2.60 bits per heavy atom. The number of ether oxygens (including phenoxy) is 1. The van der Waals surface area contributed by atoms with Crippen molar-refractivity contribution in [2.24, 2.45) is 0 Å². The van der Waals surface area contributed by atoms with Crippen LogP contribution in [0.15, 0.2) is 12.5 Å². The molecule has 1 fully saturated rings. The number of hydrogen-bond acceptors (Lipinski definition) is 4. The number of aromatic nitrogens is 2. The van der Waals surface area contributed by atoms with Crippen molar-refractivity contribution in [2.45, 2.75) is 25.6 Å². The Morgan fingerprint density at radius 3 is 3.27 bits per heavy atom. The number of aliphatic hydroxyl groups is 1. The Morgan fingerprint density at radius 1 is 1.73 bits per heavy atom. The molecule has 0 aliphatic carbocycles. The number of imidazole rings is 1. The molecule has 84 valence electrons. The normalized spacial score (nSPS) is 28.1. The molecule has 5 nitrogen and oxygen atoms in total. The second-order valence-electron chi connectivity index (χ2n) is 3.99. The van der Waals surface area contributed by atoms with E-state index in [4.69, 9.17) is 9.84 Å². The molecule has 15 heavy (non-hydrogen) atoms. The van der Waals surface area contributed by atoms with E-state index in [1.54, 1.807) is 6.33 Å². The van der Waals surface area contributed by atoms with Gasteiger partial charge in [0.15, 0.2) is 0 Å². The first-order valence-corrected chi connectivity index (χ1v) is 5.23. The van der Waals surface area contributed by atoms with E-state index in [9.17, 15) is 0 Å². The topological polar surface area (TPSA) is 61.4 Å².